The predicted octanol–water partition coefficient (Wildman–Crippen LogP) is 4.67. The van der Waals surface area contributed by atoms with Crippen LogP contribution in [0.3, 0.4) is 0 Å². The van der Waals surface area contributed by atoms with E-state index in [1.54, 1.807) is 30.3 Å². The molecular weight excluding hydrogens is 349 g/mol. The van der Waals surface area contributed by atoms with E-state index >= 15 is 0 Å². The van der Waals surface area contributed by atoms with Gasteiger partial charge in [-0.2, -0.15) is 0 Å². The second kappa shape index (κ2) is 7.33. The van der Waals surface area contributed by atoms with Crippen molar-refractivity contribution < 1.29 is 9.18 Å². The highest BCUT2D eigenvalue weighted by molar-refractivity contribution is 7.15. The van der Waals surface area contributed by atoms with Crippen LogP contribution >= 0.6 is 22.9 Å². The number of para-hydroxylation sites is 1. The van der Waals surface area contributed by atoms with Crippen LogP contribution in [0.1, 0.15) is 20.4 Å². The van der Waals surface area contributed by atoms with Gasteiger partial charge in [-0.1, -0.05) is 59.3 Å². The van der Waals surface area contributed by atoms with Crippen LogP contribution in [0, 0.1) is 5.82 Å². The van der Waals surface area contributed by atoms with Crippen molar-refractivity contribution in [3.05, 3.63) is 76.0 Å². The number of aromatic nitrogens is 2. The van der Waals surface area contributed by atoms with Gasteiger partial charge in [0.05, 0.1) is 5.03 Å². The topological polar surface area (TPSA) is 54.9 Å². The molecule has 0 aliphatic rings. The number of hydrogen-bond donors (Lipinski definition) is 1. The van der Waals surface area contributed by atoms with Gasteiger partial charge in [-0.25, -0.2) is 4.39 Å². The van der Waals surface area contributed by atoms with E-state index < -0.39 is 0 Å². The van der Waals surface area contributed by atoms with Gasteiger partial charge in [-0.3, -0.25) is 4.79 Å². The van der Waals surface area contributed by atoms with Crippen LogP contribution in [0.2, 0.25) is 0 Å². The van der Waals surface area contributed by atoms with Crippen LogP contribution in [-0.2, 0) is 0 Å². The number of amides is 1. The highest BCUT2D eigenvalue weighted by atomic mass is 35.5. The highest BCUT2D eigenvalue weighted by Crippen LogP contribution is 2.26. The molecular formula is C17H11ClFN3OS. The molecule has 0 fully saturated rings. The number of hydrogen-bond acceptors (Lipinski definition) is 4. The lowest BCUT2D eigenvalue weighted by Crippen LogP contribution is -2.11. The van der Waals surface area contributed by atoms with Gasteiger partial charge in [0.1, 0.15) is 5.82 Å². The van der Waals surface area contributed by atoms with E-state index in [-0.39, 0.29) is 21.8 Å². The number of nitrogens with one attached hydrogen (secondary N) is 1. The summed E-state index contributed by atoms with van der Waals surface area (Å²) in [4.78, 5) is 12.1. The summed E-state index contributed by atoms with van der Waals surface area (Å²) in [5.74, 6) is -0.762. The molecule has 7 heteroatoms. The quantitative estimate of drug-likeness (QED) is 0.736. The lowest BCUT2D eigenvalue weighted by molar-refractivity contribution is 0.102. The fourth-order valence-electron chi connectivity index (χ4n) is 1.91. The summed E-state index contributed by atoms with van der Waals surface area (Å²) in [6, 6.07) is 15.3. The molecule has 1 amide bonds. The van der Waals surface area contributed by atoms with E-state index in [4.69, 9.17) is 11.6 Å². The van der Waals surface area contributed by atoms with Crippen molar-refractivity contribution in [2.75, 3.05) is 5.32 Å². The number of anilines is 1. The summed E-state index contributed by atoms with van der Waals surface area (Å²) in [7, 11) is 0. The first-order valence-corrected chi connectivity index (χ1v) is 8.15. The Morgan fingerprint density at radius 1 is 1.04 bits per heavy atom. The third-order valence-corrected chi connectivity index (χ3v) is 4.40. The summed E-state index contributed by atoms with van der Waals surface area (Å²) < 4.78 is 13.6. The second-order valence-electron chi connectivity index (χ2n) is 4.75. The van der Waals surface area contributed by atoms with Gasteiger partial charge in [-0.05, 0) is 24.3 Å². The summed E-state index contributed by atoms with van der Waals surface area (Å²) in [5, 5.41) is 11.2. The van der Waals surface area contributed by atoms with Crippen LogP contribution in [-0.4, -0.2) is 16.1 Å². The maximum absolute atomic E-state index is 13.6. The van der Waals surface area contributed by atoms with E-state index in [1.807, 2.05) is 18.2 Å². The molecule has 0 unspecified atom stereocenters. The van der Waals surface area contributed by atoms with E-state index in [2.05, 4.69) is 15.5 Å². The molecule has 0 radical (unpaired) electrons. The van der Waals surface area contributed by atoms with Crippen molar-refractivity contribution in [1.82, 2.24) is 10.2 Å². The standard InChI is InChI=1S/C17H11ClFN3OS/c18-13(10-11-6-4-5-9-14(11)19)16-21-22-17(24-16)15(23)20-12-7-2-1-3-8-12/h1-10H,(H,20,23). The minimum Gasteiger partial charge on any atom is -0.320 e. The summed E-state index contributed by atoms with van der Waals surface area (Å²) in [6.45, 7) is 0. The molecule has 24 heavy (non-hydrogen) atoms. The molecule has 2 aromatic carbocycles. The van der Waals surface area contributed by atoms with Gasteiger partial charge in [0.15, 0.2) is 5.01 Å². The SMILES string of the molecule is O=C(Nc1ccccc1)c1nnc(C(Cl)=Cc2ccccc2F)s1. The van der Waals surface area contributed by atoms with E-state index in [9.17, 15) is 9.18 Å². The average molecular weight is 360 g/mol. The maximum Gasteiger partial charge on any atom is 0.286 e. The Kier molecular flexibility index (Phi) is 4.98. The number of rotatable bonds is 4. The molecule has 0 atom stereocenters. The second-order valence-corrected chi connectivity index (χ2v) is 6.13. The Morgan fingerprint density at radius 3 is 2.46 bits per heavy atom. The summed E-state index contributed by atoms with van der Waals surface area (Å²) in [6.07, 6.45) is 1.45. The lowest BCUT2D eigenvalue weighted by atomic mass is 10.2. The Bertz CT molecular complexity index is 896. The molecule has 0 spiro atoms. The molecule has 0 aliphatic heterocycles. The first-order chi connectivity index (χ1) is 11.6. The number of halogens is 2. The smallest absolute Gasteiger partial charge is 0.286 e. The molecule has 3 aromatic rings. The summed E-state index contributed by atoms with van der Waals surface area (Å²) in [5.41, 5.74) is 1.00. The largest absolute Gasteiger partial charge is 0.320 e. The van der Waals surface area contributed by atoms with Gasteiger partial charge in [-0.15, -0.1) is 10.2 Å². The molecule has 3 rings (SSSR count). The monoisotopic (exact) mass is 359 g/mol. The maximum atomic E-state index is 13.6. The van der Waals surface area contributed by atoms with Crippen molar-refractivity contribution in [1.29, 1.82) is 0 Å². The van der Waals surface area contributed by atoms with Gasteiger partial charge in [0, 0.05) is 11.3 Å². The van der Waals surface area contributed by atoms with Gasteiger partial charge < -0.3 is 5.32 Å². The van der Waals surface area contributed by atoms with Crippen molar-refractivity contribution in [2.24, 2.45) is 0 Å². The zero-order valence-electron chi connectivity index (χ0n) is 12.2. The normalized spacial score (nSPS) is 11.3. The minimum absolute atomic E-state index is 0.175. The van der Waals surface area contributed by atoms with Gasteiger partial charge in [0.25, 0.3) is 5.91 Å². The number of carbonyl (C=O) groups excluding carboxylic acids is 1. The van der Waals surface area contributed by atoms with E-state index in [0.29, 0.717) is 16.3 Å². The van der Waals surface area contributed by atoms with Crippen LogP contribution in [0.25, 0.3) is 11.1 Å². The number of benzene rings is 2. The van der Waals surface area contributed by atoms with Crippen molar-refractivity contribution >= 4 is 45.6 Å². The summed E-state index contributed by atoms with van der Waals surface area (Å²) >= 11 is 7.20. The Hall–Kier alpha value is -2.57. The molecule has 0 aliphatic carbocycles. The molecule has 1 heterocycles. The van der Waals surface area contributed by atoms with Gasteiger partial charge >= 0.3 is 0 Å². The molecule has 0 saturated carbocycles. The average Bonchev–Trinajstić information content (AvgIpc) is 3.08. The predicted molar refractivity (Wildman–Crippen MR) is 94.4 cm³/mol. The zero-order valence-corrected chi connectivity index (χ0v) is 13.8. The number of carbonyl (C=O) groups is 1. The van der Waals surface area contributed by atoms with Crippen LogP contribution in [0.15, 0.2) is 54.6 Å². The van der Waals surface area contributed by atoms with Crippen LogP contribution < -0.4 is 5.32 Å². The van der Waals surface area contributed by atoms with Crippen molar-refractivity contribution in [3.63, 3.8) is 0 Å². The minimum atomic E-state index is -0.387. The fourth-order valence-corrected chi connectivity index (χ4v) is 2.83. The molecule has 0 saturated heterocycles. The molecule has 4 nitrogen and oxygen atoms in total. The first kappa shape index (κ1) is 16.3. The van der Waals surface area contributed by atoms with E-state index in [0.717, 1.165) is 11.3 Å². The Morgan fingerprint density at radius 2 is 1.71 bits per heavy atom. The fraction of sp³-hybridized carbons (Fsp3) is 0. The van der Waals surface area contributed by atoms with Crippen LogP contribution in [0.5, 0.6) is 0 Å². The molecule has 0 bridgehead atoms. The van der Waals surface area contributed by atoms with Crippen molar-refractivity contribution in [2.45, 2.75) is 0 Å². The third-order valence-electron chi connectivity index (χ3n) is 3.04. The molecule has 1 N–H and O–H groups in total. The highest BCUT2D eigenvalue weighted by Gasteiger charge is 2.15. The number of nitrogens with zero attached hydrogens (tertiary/aromatic N) is 2. The molecule has 120 valence electrons. The van der Waals surface area contributed by atoms with Crippen molar-refractivity contribution in [3.8, 4) is 0 Å². The zero-order chi connectivity index (χ0) is 16.9. The van der Waals surface area contributed by atoms with E-state index in [1.165, 1.54) is 12.1 Å². The first-order valence-electron chi connectivity index (χ1n) is 6.95. The van der Waals surface area contributed by atoms with Crippen LogP contribution in [0.4, 0.5) is 10.1 Å². The molecule has 1 aromatic heterocycles. The third kappa shape index (κ3) is 3.84. The lowest BCUT2D eigenvalue weighted by Gasteiger charge is -2.00. The Balaban J connectivity index is 1.78. The Labute approximate surface area is 146 Å². The van der Waals surface area contributed by atoms with Gasteiger partial charge in [0.2, 0.25) is 5.01 Å².